The van der Waals surface area contributed by atoms with Crippen molar-refractivity contribution in [1.29, 1.82) is 0 Å². The largest absolute Gasteiger partial charge is 0.387 e. The molecule has 4 nitrogen and oxygen atoms in total. The van der Waals surface area contributed by atoms with Crippen LogP contribution in [-0.2, 0) is 9.53 Å². The SMILES string of the molecule is Cc1cccc(C)c1N(COC(C)C)C(=O)CO. The van der Waals surface area contributed by atoms with Crippen LogP contribution in [0.5, 0.6) is 0 Å². The number of para-hydroxylation sites is 1. The Kier molecular flexibility index (Phi) is 5.31. The van der Waals surface area contributed by atoms with Gasteiger partial charge in [-0.15, -0.1) is 0 Å². The lowest BCUT2D eigenvalue weighted by Gasteiger charge is -2.26. The third-order valence-electron chi connectivity index (χ3n) is 2.68. The number of rotatable bonds is 5. The van der Waals surface area contributed by atoms with Gasteiger partial charge in [-0.05, 0) is 38.8 Å². The fourth-order valence-electron chi connectivity index (χ4n) is 1.80. The van der Waals surface area contributed by atoms with E-state index in [-0.39, 0.29) is 18.7 Å². The number of aliphatic hydroxyl groups is 1. The van der Waals surface area contributed by atoms with E-state index in [1.54, 1.807) is 0 Å². The Hall–Kier alpha value is -1.39. The van der Waals surface area contributed by atoms with Crippen LogP contribution in [0.25, 0.3) is 0 Å². The van der Waals surface area contributed by atoms with Crippen molar-refractivity contribution in [2.45, 2.75) is 33.8 Å². The molecule has 1 N–H and O–H groups in total. The number of carbonyl (C=O) groups is 1. The molecule has 0 bridgehead atoms. The first-order chi connectivity index (χ1) is 8.47. The maximum Gasteiger partial charge on any atom is 0.254 e. The fraction of sp³-hybridized carbons (Fsp3) is 0.500. The van der Waals surface area contributed by atoms with Crippen LogP contribution in [0.15, 0.2) is 18.2 Å². The standard InChI is InChI=1S/C14H21NO3/c1-10(2)18-9-15(13(17)8-16)14-11(3)6-5-7-12(14)4/h5-7,10,16H,8-9H2,1-4H3. The number of ether oxygens (including phenoxy) is 1. The van der Waals surface area contributed by atoms with E-state index in [4.69, 9.17) is 9.84 Å². The summed E-state index contributed by atoms with van der Waals surface area (Å²) in [5, 5.41) is 9.07. The van der Waals surface area contributed by atoms with E-state index in [2.05, 4.69) is 0 Å². The van der Waals surface area contributed by atoms with Gasteiger partial charge in [0.25, 0.3) is 5.91 Å². The van der Waals surface area contributed by atoms with Crippen molar-refractivity contribution in [2.24, 2.45) is 0 Å². The number of nitrogens with zero attached hydrogens (tertiary/aromatic N) is 1. The van der Waals surface area contributed by atoms with Gasteiger partial charge in [0.2, 0.25) is 0 Å². The lowest BCUT2D eigenvalue weighted by atomic mass is 10.1. The zero-order chi connectivity index (χ0) is 13.7. The summed E-state index contributed by atoms with van der Waals surface area (Å²) in [5.41, 5.74) is 2.80. The lowest BCUT2D eigenvalue weighted by Crippen LogP contribution is -2.37. The normalized spacial score (nSPS) is 10.8. The second kappa shape index (κ2) is 6.52. The number of aryl methyl sites for hydroxylation is 2. The molecule has 0 radical (unpaired) electrons. The highest BCUT2D eigenvalue weighted by molar-refractivity contribution is 5.95. The Morgan fingerprint density at radius 3 is 2.33 bits per heavy atom. The van der Waals surface area contributed by atoms with E-state index in [0.29, 0.717) is 0 Å². The zero-order valence-electron chi connectivity index (χ0n) is 11.4. The molecule has 0 aliphatic carbocycles. The van der Waals surface area contributed by atoms with E-state index in [1.807, 2.05) is 45.9 Å². The summed E-state index contributed by atoms with van der Waals surface area (Å²) in [6.07, 6.45) is 0.0308. The number of anilines is 1. The monoisotopic (exact) mass is 251 g/mol. The zero-order valence-corrected chi connectivity index (χ0v) is 11.4. The molecular formula is C14H21NO3. The Morgan fingerprint density at radius 2 is 1.89 bits per heavy atom. The van der Waals surface area contributed by atoms with Gasteiger partial charge in [-0.25, -0.2) is 0 Å². The molecule has 1 aromatic rings. The molecule has 1 amide bonds. The number of benzene rings is 1. The molecule has 0 atom stereocenters. The average Bonchev–Trinajstić information content (AvgIpc) is 2.31. The molecule has 0 saturated carbocycles. The van der Waals surface area contributed by atoms with Crippen LogP contribution < -0.4 is 4.90 Å². The van der Waals surface area contributed by atoms with Gasteiger partial charge in [-0.1, -0.05) is 18.2 Å². The Balaban J connectivity index is 3.05. The van der Waals surface area contributed by atoms with Gasteiger partial charge in [-0.2, -0.15) is 0 Å². The van der Waals surface area contributed by atoms with Crippen molar-refractivity contribution < 1.29 is 14.6 Å². The second-order valence-corrected chi connectivity index (χ2v) is 4.56. The highest BCUT2D eigenvalue weighted by Gasteiger charge is 2.19. The Morgan fingerprint density at radius 1 is 1.33 bits per heavy atom. The molecule has 0 unspecified atom stereocenters. The third kappa shape index (κ3) is 3.55. The topological polar surface area (TPSA) is 49.8 Å². The average molecular weight is 251 g/mol. The van der Waals surface area contributed by atoms with Crippen LogP contribution in [0.2, 0.25) is 0 Å². The number of hydrogen-bond acceptors (Lipinski definition) is 3. The smallest absolute Gasteiger partial charge is 0.254 e. The van der Waals surface area contributed by atoms with Gasteiger partial charge in [0.05, 0.1) is 11.8 Å². The van der Waals surface area contributed by atoms with Gasteiger partial charge in [0.15, 0.2) is 0 Å². The van der Waals surface area contributed by atoms with Gasteiger partial charge in [0.1, 0.15) is 13.3 Å². The number of amides is 1. The molecule has 0 fully saturated rings. The summed E-state index contributed by atoms with van der Waals surface area (Å²) in [6, 6.07) is 5.82. The molecule has 1 rings (SSSR count). The summed E-state index contributed by atoms with van der Waals surface area (Å²) in [7, 11) is 0. The summed E-state index contributed by atoms with van der Waals surface area (Å²) in [4.78, 5) is 13.3. The van der Waals surface area contributed by atoms with Gasteiger partial charge in [-0.3, -0.25) is 9.69 Å². The summed E-state index contributed by atoms with van der Waals surface area (Å²) in [5.74, 6) is -0.354. The lowest BCUT2D eigenvalue weighted by molar-refractivity contribution is -0.122. The van der Waals surface area contributed by atoms with Crippen molar-refractivity contribution in [3.8, 4) is 0 Å². The van der Waals surface area contributed by atoms with Crippen LogP contribution in [-0.4, -0.2) is 30.5 Å². The van der Waals surface area contributed by atoms with Gasteiger partial charge >= 0.3 is 0 Å². The summed E-state index contributed by atoms with van der Waals surface area (Å²) < 4.78 is 5.49. The number of carbonyl (C=O) groups excluding carboxylic acids is 1. The highest BCUT2D eigenvalue weighted by atomic mass is 16.5. The van der Waals surface area contributed by atoms with E-state index in [1.165, 1.54) is 4.90 Å². The first kappa shape index (κ1) is 14.7. The van der Waals surface area contributed by atoms with Crippen LogP contribution in [0.3, 0.4) is 0 Å². The molecule has 0 heterocycles. The molecule has 0 aromatic heterocycles. The Labute approximate surface area is 108 Å². The molecular weight excluding hydrogens is 230 g/mol. The van der Waals surface area contributed by atoms with E-state index in [0.717, 1.165) is 16.8 Å². The van der Waals surface area contributed by atoms with Gasteiger partial charge in [0, 0.05) is 0 Å². The van der Waals surface area contributed by atoms with Gasteiger partial charge < -0.3 is 9.84 Å². The minimum absolute atomic E-state index is 0.0308. The molecule has 18 heavy (non-hydrogen) atoms. The van der Waals surface area contributed by atoms with Crippen molar-refractivity contribution in [1.82, 2.24) is 0 Å². The summed E-state index contributed by atoms with van der Waals surface area (Å²) >= 11 is 0. The Bertz CT molecular complexity index is 395. The third-order valence-corrected chi connectivity index (χ3v) is 2.68. The molecule has 1 aromatic carbocycles. The molecule has 4 heteroatoms. The molecule has 0 spiro atoms. The number of hydrogen-bond donors (Lipinski definition) is 1. The maximum atomic E-state index is 11.8. The maximum absolute atomic E-state index is 11.8. The quantitative estimate of drug-likeness (QED) is 0.814. The highest BCUT2D eigenvalue weighted by Crippen LogP contribution is 2.24. The molecule has 100 valence electrons. The fourth-order valence-corrected chi connectivity index (χ4v) is 1.80. The predicted octanol–water partition coefficient (Wildman–Crippen LogP) is 2.01. The van der Waals surface area contributed by atoms with Crippen LogP contribution in [0.4, 0.5) is 5.69 Å². The minimum Gasteiger partial charge on any atom is -0.387 e. The molecule has 0 aliphatic rings. The first-order valence-electron chi connectivity index (χ1n) is 6.06. The van der Waals surface area contributed by atoms with Crippen molar-refractivity contribution >= 4 is 11.6 Å². The van der Waals surface area contributed by atoms with E-state index in [9.17, 15) is 4.79 Å². The molecule has 0 aliphatic heterocycles. The van der Waals surface area contributed by atoms with Crippen LogP contribution in [0, 0.1) is 13.8 Å². The van der Waals surface area contributed by atoms with Crippen LogP contribution >= 0.6 is 0 Å². The van der Waals surface area contributed by atoms with E-state index >= 15 is 0 Å². The second-order valence-electron chi connectivity index (χ2n) is 4.56. The van der Waals surface area contributed by atoms with Crippen molar-refractivity contribution in [2.75, 3.05) is 18.2 Å². The predicted molar refractivity (Wildman–Crippen MR) is 71.6 cm³/mol. The van der Waals surface area contributed by atoms with Crippen LogP contribution in [0.1, 0.15) is 25.0 Å². The number of aliphatic hydroxyl groups excluding tert-OH is 1. The molecule has 0 saturated heterocycles. The van der Waals surface area contributed by atoms with Crippen molar-refractivity contribution in [3.63, 3.8) is 0 Å². The van der Waals surface area contributed by atoms with E-state index < -0.39 is 6.61 Å². The summed E-state index contributed by atoms with van der Waals surface area (Å²) in [6.45, 7) is 7.33. The first-order valence-corrected chi connectivity index (χ1v) is 6.06. The minimum atomic E-state index is -0.519. The van der Waals surface area contributed by atoms with Crippen molar-refractivity contribution in [3.05, 3.63) is 29.3 Å².